The van der Waals surface area contributed by atoms with Crippen molar-refractivity contribution in [2.24, 2.45) is 0 Å². The monoisotopic (exact) mass is 344 g/mol. The zero-order valence-electron chi connectivity index (χ0n) is 13.9. The fourth-order valence-corrected chi connectivity index (χ4v) is 2.30. The molecule has 2 N–H and O–H groups in total. The quantitative estimate of drug-likeness (QED) is 0.755. The molecule has 1 aliphatic rings. The summed E-state index contributed by atoms with van der Waals surface area (Å²) in [6, 6.07) is 12.3. The molecule has 2 aromatic carbocycles. The molecule has 25 heavy (non-hydrogen) atoms. The predicted octanol–water partition coefficient (Wildman–Crippen LogP) is 3.01. The second kappa shape index (κ2) is 8.14. The van der Waals surface area contributed by atoms with Crippen LogP contribution in [0.4, 0.5) is 10.5 Å². The van der Waals surface area contributed by atoms with E-state index in [9.17, 15) is 4.79 Å². The Bertz CT molecular complexity index is 735. The highest BCUT2D eigenvalue weighted by atomic mass is 16.7. The Hall–Kier alpha value is -3.09. The smallest absolute Gasteiger partial charge is 0.319 e. The number of hydrogen-bond donors (Lipinski definition) is 2. The van der Waals surface area contributed by atoms with Crippen LogP contribution < -0.4 is 29.6 Å². The van der Waals surface area contributed by atoms with E-state index in [-0.39, 0.29) is 12.8 Å². The van der Waals surface area contributed by atoms with Crippen LogP contribution in [0.25, 0.3) is 0 Å². The molecule has 0 bridgehead atoms. The number of rotatable bonds is 7. The Morgan fingerprint density at radius 1 is 1.08 bits per heavy atom. The van der Waals surface area contributed by atoms with Gasteiger partial charge in [-0.05, 0) is 31.2 Å². The molecule has 7 heteroatoms. The molecule has 132 valence electrons. The van der Waals surface area contributed by atoms with Gasteiger partial charge >= 0.3 is 6.03 Å². The summed E-state index contributed by atoms with van der Waals surface area (Å²) in [5, 5.41) is 5.47. The number of urea groups is 1. The summed E-state index contributed by atoms with van der Waals surface area (Å²) in [6.07, 6.45) is 0. The first-order valence-corrected chi connectivity index (χ1v) is 8.05. The van der Waals surface area contributed by atoms with Crippen LogP contribution in [0, 0.1) is 0 Å². The van der Waals surface area contributed by atoms with Crippen molar-refractivity contribution in [3.63, 3.8) is 0 Å². The summed E-state index contributed by atoms with van der Waals surface area (Å²) >= 11 is 0. The molecule has 0 radical (unpaired) electrons. The molecule has 1 heterocycles. The van der Waals surface area contributed by atoms with Crippen molar-refractivity contribution in [1.29, 1.82) is 0 Å². The molecule has 0 saturated carbocycles. The average Bonchev–Trinajstić information content (AvgIpc) is 3.07. The molecular weight excluding hydrogens is 324 g/mol. The van der Waals surface area contributed by atoms with Gasteiger partial charge in [0.1, 0.15) is 18.1 Å². The fourth-order valence-electron chi connectivity index (χ4n) is 2.30. The number of nitrogens with one attached hydrogen (secondary N) is 2. The number of fused-ring (bicyclic) bond motifs is 1. The van der Waals surface area contributed by atoms with E-state index in [1.165, 1.54) is 0 Å². The van der Waals surface area contributed by atoms with Crippen molar-refractivity contribution < 1.29 is 23.7 Å². The van der Waals surface area contributed by atoms with Gasteiger partial charge in [-0.15, -0.1) is 0 Å². The van der Waals surface area contributed by atoms with Gasteiger partial charge in [0.2, 0.25) is 6.79 Å². The average molecular weight is 344 g/mol. The SMILES string of the molecule is CCOc1cccc(OCCNC(=O)Nc2ccc3c(c2)OCO3)c1. The van der Waals surface area contributed by atoms with E-state index in [4.69, 9.17) is 18.9 Å². The molecule has 1 aliphatic heterocycles. The Labute approximate surface area is 145 Å². The second-order valence-corrected chi connectivity index (χ2v) is 5.21. The van der Waals surface area contributed by atoms with E-state index in [1.807, 2.05) is 31.2 Å². The van der Waals surface area contributed by atoms with Crippen molar-refractivity contribution in [3.05, 3.63) is 42.5 Å². The maximum Gasteiger partial charge on any atom is 0.319 e. The van der Waals surface area contributed by atoms with E-state index in [2.05, 4.69) is 10.6 Å². The fraction of sp³-hybridized carbons (Fsp3) is 0.278. The lowest BCUT2D eigenvalue weighted by molar-refractivity contribution is 0.174. The number of ether oxygens (including phenoxy) is 4. The molecular formula is C18H20N2O5. The van der Waals surface area contributed by atoms with Gasteiger partial charge in [-0.1, -0.05) is 6.07 Å². The Morgan fingerprint density at radius 2 is 1.88 bits per heavy atom. The van der Waals surface area contributed by atoms with Crippen LogP contribution in [-0.2, 0) is 0 Å². The Morgan fingerprint density at radius 3 is 2.72 bits per heavy atom. The number of amides is 2. The minimum absolute atomic E-state index is 0.201. The van der Waals surface area contributed by atoms with E-state index in [0.717, 1.165) is 5.75 Å². The van der Waals surface area contributed by atoms with Crippen molar-refractivity contribution >= 4 is 11.7 Å². The number of hydrogen-bond acceptors (Lipinski definition) is 5. The molecule has 3 rings (SSSR count). The van der Waals surface area contributed by atoms with Crippen molar-refractivity contribution in [2.45, 2.75) is 6.92 Å². The lowest BCUT2D eigenvalue weighted by Crippen LogP contribution is -2.32. The summed E-state index contributed by atoms with van der Waals surface area (Å²) in [7, 11) is 0. The van der Waals surface area contributed by atoms with Crippen LogP contribution in [0.1, 0.15) is 6.92 Å². The molecule has 0 unspecified atom stereocenters. The zero-order valence-corrected chi connectivity index (χ0v) is 13.9. The third-order valence-corrected chi connectivity index (χ3v) is 3.40. The molecule has 0 aromatic heterocycles. The Kier molecular flexibility index (Phi) is 5.46. The van der Waals surface area contributed by atoms with Gasteiger partial charge in [-0.25, -0.2) is 4.79 Å². The molecule has 0 atom stereocenters. The lowest BCUT2D eigenvalue weighted by Gasteiger charge is -2.10. The zero-order chi connectivity index (χ0) is 17.5. The van der Waals surface area contributed by atoms with Crippen molar-refractivity contribution in [3.8, 4) is 23.0 Å². The highest BCUT2D eigenvalue weighted by molar-refractivity contribution is 5.89. The van der Waals surface area contributed by atoms with Crippen LogP contribution in [0.5, 0.6) is 23.0 Å². The molecule has 0 saturated heterocycles. The van der Waals surface area contributed by atoms with E-state index < -0.39 is 0 Å². The normalized spacial score (nSPS) is 11.7. The van der Waals surface area contributed by atoms with Gasteiger partial charge in [0.05, 0.1) is 13.2 Å². The summed E-state index contributed by atoms with van der Waals surface area (Å²) in [5.74, 6) is 2.75. The maximum absolute atomic E-state index is 11.9. The highest BCUT2D eigenvalue weighted by Crippen LogP contribution is 2.34. The Balaban J connectivity index is 1.40. The minimum Gasteiger partial charge on any atom is -0.494 e. The molecule has 7 nitrogen and oxygen atoms in total. The summed E-state index contributed by atoms with van der Waals surface area (Å²) in [4.78, 5) is 11.9. The third-order valence-electron chi connectivity index (χ3n) is 3.40. The summed E-state index contributed by atoms with van der Waals surface area (Å²) in [6.45, 7) is 3.45. The van der Waals surface area contributed by atoms with Crippen LogP contribution in [0.15, 0.2) is 42.5 Å². The van der Waals surface area contributed by atoms with Crippen molar-refractivity contribution in [1.82, 2.24) is 5.32 Å². The number of anilines is 1. The largest absolute Gasteiger partial charge is 0.494 e. The number of benzene rings is 2. The van der Waals surface area contributed by atoms with E-state index in [1.54, 1.807) is 18.2 Å². The first kappa shape index (κ1) is 16.8. The van der Waals surface area contributed by atoms with E-state index in [0.29, 0.717) is 42.7 Å². The lowest BCUT2D eigenvalue weighted by atomic mass is 10.3. The van der Waals surface area contributed by atoms with Gasteiger partial charge in [0.25, 0.3) is 0 Å². The van der Waals surface area contributed by atoms with Crippen LogP contribution in [0.3, 0.4) is 0 Å². The second-order valence-electron chi connectivity index (χ2n) is 5.21. The van der Waals surface area contributed by atoms with Crippen LogP contribution in [-0.4, -0.2) is 32.6 Å². The molecule has 0 fully saturated rings. The van der Waals surface area contributed by atoms with Crippen molar-refractivity contribution in [2.75, 3.05) is 31.9 Å². The predicted molar refractivity (Wildman–Crippen MR) is 92.7 cm³/mol. The standard InChI is InChI=1S/C18H20N2O5/c1-2-22-14-4-3-5-15(11-14)23-9-8-19-18(21)20-13-6-7-16-17(10-13)25-12-24-16/h3-7,10-11H,2,8-9,12H2,1H3,(H2,19,20,21). The first-order chi connectivity index (χ1) is 12.2. The topological polar surface area (TPSA) is 78.1 Å². The van der Waals surface area contributed by atoms with Gasteiger partial charge in [-0.2, -0.15) is 0 Å². The summed E-state index contributed by atoms with van der Waals surface area (Å²) < 4.78 is 21.5. The third kappa shape index (κ3) is 4.69. The minimum atomic E-state index is -0.314. The summed E-state index contributed by atoms with van der Waals surface area (Å²) in [5.41, 5.74) is 0.632. The van der Waals surface area contributed by atoms with Gasteiger partial charge in [0.15, 0.2) is 11.5 Å². The van der Waals surface area contributed by atoms with Gasteiger partial charge < -0.3 is 29.6 Å². The maximum atomic E-state index is 11.9. The molecule has 2 amide bonds. The molecule has 0 aliphatic carbocycles. The number of carbonyl (C=O) groups is 1. The van der Waals surface area contributed by atoms with Gasteiger partial charge in [0, 0.05) is 17.8 Å². The molecule has 0 spiro atoms. The number of carbonyl (C=O) groups excluding carboxylic acids is 1. The van der Waals surface area contributed by atoms with Gasteiger partial charge in [-0.3, -0.25) is 0 Å². The van der Waals surface area contributed by atoms with E-state index >= 15 is 0 Å². The molecule has 2 aromatic rings. The first-order valence-electron chi connectivity index (χ1n) is 8.05. The van der Waals surface area contributed by atoms with Crippen LogP contribution >= 0.6 is 0 Å². The van der Waals surface area contributed by atoms with Crippen LogP contribution in [0.2, 0.25) is 0 Å². The highest BCUT2D eigenvalue weighted by Gasteiger charge is 2.13.